The molecule has 0 saturated carbocycles. The Kier molecular flexibility index (Phi) is 6.06. The van der Waals surface area contributed by atoms with Crippen LogP contribution in [0.15, 0.2) is 46.8 Å². The van der Waals surface area contributed by atoms with Crippen molar-refractivity contribution in [1.82, 2.24) is 9.97 Å². The Morgan fingerprint density at radius 2 is 1.88 bits per heavy atom. The molecule has 0 aliphatic rings. The van der Waals surface area contributed by atoms with Gasteiger partial charge in [0.2, 0.25) is 0 Å². The van der Waals surface area contributed by atoms with Crippen molar-refractivity contribution in [3.05, 3.63) is 42.5 Å². The Hall–Kier alpha value is -3.17. The number of aromatic nitrogens is 2. The van der Waals surface area contributed by atoms with Gasteiger partial charge in [-0.2, -0.15) is 13.9 Å². The number of alkyl halides is 2. The second kappa shape index (κ2) is 8.46. The summed E-state index contributed by atoms with van der Waals surface area (Å²) >= 11 is 0. The Morgan fingerprint density at radius 1 is 1.21 bits per heavy atom. The Balaban J connectivity index is 1.92. The predicted molar refractivity (Wildman–Crippen MR) is 80.3 cm³/mol. The molecule has 1 aromatic carbocycles. The summed E-state index contributed by atoms with van der Waals surface area (Å²) < 4.78 is 46.1. The van der Waals surface area contributed by atoms with Crippen molar-refractivity contribution in [3.63, 3.8) is 0 Å². The van der Waals surface area contributed by atoms with Gasteiger partial charge in [0.1, 0.15) is 18.1 Å². The molecule has 0 aliphatic heterocycles. The van der Waals surface area contributed by atoms with Gasteiger partial charge in [0, 0.05) is 0 Å². The van der Waals surface area contributed by atoms with Crippen molar-refractivity contribution in [2.45, 2.75) is 6.61 Å². The fraction of sp³-hybridized carbons (Fsp3) is 0.143. The van der Waals surface area contributed by atoms with Gasteiger partial charge in [-0.15, -0.1) is 0 Å². The zero-order valence-corrected chi connectivity index (χ0v) is 12.1. The minimum atomic E-state index is -2.89. The van der Waals surface area contributed by atoms with Crippen LogP contribution >= 0.6 is 0 Å². The summed E-state index contributed by atoms with van der Waals surface area (Å²) in [7, 11) is 0. The van der Waals surface area contributed by atoms with Gasteiger partial charge in [-0.1, -0.05) is 0 Å². The van der Waals surface area contributed by atoms with E-state index in [-0.39, 0.29) is 24.1 Å². The standard InChI is InChI=1S/C14H12F3N5O2/c15-9-5-20-14(21-6-9)23-8-11(22-18)7-19-10-1-3-12(4-2-10)24-13(16)17/h1-7,13H,8,18H2. The van der Waals surface area contributed by atoms with Gasteiger partial charge in [0.05, 0.1) is 24.3 Å². The molecule has 2 aromatic rings. The molecule has 1 aromatic heterocycles. The molecule has 0 aliphatic carbocycles. The average molecular weight is 339 g/mol. The van der Waals surface area contributed by atoms with Crippen LogP contribution in [0.2, 0.25) is 0 Å². The monoisotopic (exact) mass is 339 g/mol. The van der Waals surface area contributed by atoms with E-state index in [1.807, 2.05) is 0 Å². The summed E-state index contributed by atoms with van der Waals surface area (Å²) in [6, 6.07) is 5.61. The van der Waals surface area contributed by atoms with Crippen LogP contribution in [-0.2, 0) is 0 Å². The first-order chi connectivity index (χ1) is 11.6. The molecule has 0 spiro atoms. The van der Waals surface area contributed by atoms with Crippen molar-refractivity contribution >= 4 is 17.6 Å². The first-order valence-electron chi connectivity index (χ1n) is 6.53. The lowest BCUT2D eigenvalue weighted by atomic mass is 10.3. The predicted octanol–water partition coefficient (Wildman–Crippen LogP) is 2.31. The summed E-state index contributed by atoms with van der Waals surface area (Å²) in [6.45, 7) is -2.97. The molecule has 1 heterocycles. The molecule has 10 heteroatoms. The summed E-state index contributed by atoms with van der Waals surface area (Å²) in [6.07, 6.45) is 3.24. The van der Waals surface area contributed by atoms with Crippen molar-refractivity contribution in [2.75, 3.05) is 6.61 Å². The quantitative estimate of drug-likeness (QED) is 0.474. The zero-order valence-electron chi connectivity index (χ0n) is 12.1. The number of rotatable bonds is 7. The maximum atomic E-state index is 12.7. The lowest BCUT2D eigenvalue weighted by Crippen LogP contribution is -2.16. The van der Waals surface area contributed by atoms with E-state index >= 15 is 0 Å². The molecule has 0 fully saturated rings. The van der Waals surface area contributed by atoms with E-state index in [9.17, 15) is 13.2 Å². The van der Waals surface area contributed by atoms with Crippen LogP contribution in [-0.4, -0.2) is 35.1 Å². The number of nitrogens with two attached hydrogens (primary N) is 1. The van der Waals surface area contributed by atoms with E-state index in [4.69, 9.17) is 10.6 Å². The first-order valence-corrected chi connectivity index (χ1v) is 6.53. The number of hydrogen-bond donors (Lipinski definition) is 1. The molecular weight excluding hydrogens is 327 g/mol. The zero-order chi connectivity index (χ0) is 17.4. The molecule has 24 heavy (non-hydrogen) atoms. The number of halogens is 3. The average Bonchev–Trinajstić information content (AvgIpc) is 2.57. The number of benzene rings is 1. The van der Waals surface area contributed by atoms with Crippen LogP contribution in [0.25, 0.3) is 0 Å². The highest BCUT2D eigenvalue weighted by molar-refractivity contribution is 6.31. The Labute approximate surface area is 134 Å². The lowest BCUT2D eigenvalue weighted by Gasteiger charge is -2.04. The van der Waals surface area contributed by atoms with E-state index in [2.05, 4.69) is 24.8 Å². The molecular formula is C14H12F3N5O2. The van der Waals surface area contributed by atoms with E-state index in [0.29, 0.717) is 5.69 Å². The molecule has 0 amide bonds. The first kappa shape index (κ1) is 17.2. The van der Waals surface area contributed by atoms with Crippen LogP contribution in [0.4, 0.5) is 18.9 Å². The van der Waals surface area contributed by atoms with Crippen LogP contribution in [0, 0.1) is 5.82 Å². The van der Waals surface area contributed by atoms with Crippen LogP contribution in [0.1, 0.15) is 0 Å². The van der Waals surface area contributed by atoms with E-state index < -0.39 is 12.4 Å². The van der Waals surface area contributed by atoms with Crippen LogP contribution < -0.4 is 15.3 Å². The number of aliphatic imine (C=N–C) groups is 1. The van der Waals surface area contributed by atoms with E-state index in [0.717, 1.165) is 12.4 Å². The van der Waals surface area contributed by atoms with Crippen molar-refractivity contribution in [3.8, 4) is 11.8 Å². The molecule has 2 N–H and O–H groups in total. The largest absolute Gasteiger partial charge is 0.457 e. The van der Waals surface area contributed by atoms with Gasteiger partial charge in [-0.25, -0.2) is 14.4 Å². The maximum Gasteiger partial charge on any atom is 0.387 e. The maximum absolute atomic E-state index is 12.7. The minimum absolute atomic E-state index is 0.0217. The van der Waals surface area contributed by atoms with Crippen LogP contribution in [0.3, 0.4) is 0 Å². The SMILES string of the molecule is NN=C(C=Nc1ccc(OC(F)F)cc1)COc1ncc(F)cn1. The third kappa shape index (κ3) is 5.55. The summed E-state index contributed by atoms with van der Waals surface area (Å²) in [5.74, 6) is 4.65. The van der Waals surface area contributed by atoms with Gasteiger partial charge in [-0.3, -0.25) is 4.99 Å². The Bertz CT molecular complexity index is 705. The minimum Gasteiger partial charge on any atom is -0.457 e. The number of nitrogens with zero attached hydrogens (tertiary/aromatic N) is 4. The fourth-order valence-electron chi connectivity index (χ4n) is 1.48. The molecule has 126 valence electrons. The highest BCUT2D eigenvalue weighted by Crippen LogP contribution is 2.19. The summed E-state index contributed by atoms with van der Waals surface area (Å²) in [4.78, 5) is 11.3. The topological polar surface area (TPSA) is 95.0 Å². The Morgan fingerprint density at radius 3 is 2.46 bits per heavy atom. The van der Waals surface area contributed by atoms with Gasteiger partial charge >= 0.3 is 12.6 Å². The number of hydrogen-bond acceptors (Lipinski definition) is 7. The molecule has 0 atom stereocenters. The van der Waals surface area contributed by atoms with Crippen LogP contribution in [0.5, 0.6) is 11.8 Å². The lowest BCUT2D eigenvalue weighted by molar-refractivity contribution is -0.0498. The number of hydrazone groups is 1. The molecule has 2 rings (SSSR count). The van der Waals surface area contributed by atoms with Crippen molar-refractivity contribution < 1.29 is 22.6 Å². The second-order valence-corrected chi connectivity index (χ2v) is 4.22. The summed E-state index contributed by atoms with van der Waals surface area (Å²) in [5.41, 5.74) is 0.728. The second-order valence-electron chi connectivity index (χ2n) is 4.22. The number of ether oxygens (including phenoxy) is 2. The molecule has 7 nitrogen and oxygen atoms in total. The third-order valence-electron chi connectivity index (χ3n) is 2.54. The molecule has 0 unspecified atom stereocenters. The third-order valence-corrected chi connectivity index (χ3v) is 2.54. The van der Waals surface area contributed by atoms with Crippen molar-refractivity contribution in [2.24, 2.45) is 15.9 Å². The van der Waals surface area contributed by atoms with E-state index in [1.165, 1.54) is 30.5 Å². The van der Waals surface area contributed by atoms with Crippen molar-refractivity contribution in [1.29, 1.82) is 0 Å². The van der Waals surface area contributed by atoms with Gasteiger partial charge in [0.15, 0.2) is 5.82 Å². The summed E-state index contributed by atoms with van der Waals surface area (Å²) in [5, 5.41) is 3.48. The highest BCUT2D eigenvalue weighted by Gasteiger charge is 2.04. The smallest absolute Gasteiger partial charge is 0.387 e. The fourth-order valence-corrected chi connectivity index (χ4v) is 1.48. The highest BCUT2D eigenvalue weighted by atomic mass is 19.3. The van der Waals surface area contributed by atoms with Gasteiger partial charge < -0.3 is 15.3 Å². The van der Waals surface area contributed by atoms with Gasteiger partial charge in [0.25, 0.3) is 0 Å². The molecule has 0 radical (unpaired) electrons. The molecule has 0 bridgehead atoms. The molecule has 0 saturated heterocycles. The van der Waals surface area contributed by atoms with Gasteiger partial charge in [-0.05, 0) is 24.3 Å². The normalized spacial score (nSPS) is 11.9. The van der Waals surface area contributed by atoms with E-state index in [1.54, 1.807) is 0 Å².